The summed E-state index contributed by atoms with van der Waals surface area (Å²) in [7, 11) is 0. The van der Waals surface area contributed by atoms with Gasteiger partial charge in [-0.15, -0.1) is 0 Å². The summed E-state index contributed by atoms with van der Waals surface area (Å²) in [5.41, 5.74) is 2.57. The van der Waals surface area contributed by atoms with E-state index >= 15 is 0 Å². The minimum atomic E-state index is 0.225. The lowest BCUT2D eigenvalue weighted by Gasteiger charge is -2.27. The highest BCUT2D eigenvalue weighted by Gasteiger charge is 2.18. The van der Waals surface area contributed by atoms with Gasteiger partial charge in [-0.25, -0.2) is 0 Å². The van der Waals surface area contributed by atoms with E-state index < -0.39 is 0 Å². The van der Waals surface area contributed by atoms with Crippen LogP contribution in [0.1, 0.15) is 44.4 Å². The molecule has 0 aliphatic carbocycles. The third kappa shape index (κ3) is 3.67. The van der Waals surface area contributed by atoms with Crippen LogP contribution < -0.4 is 5.32 Å². The maximum Gasteiger partial charge on any atom is 0.0579 e. The maximum atomic E-state index is 4.12. The van der Waals surface area contributed by atoms with Gasteiger partial charge in [0, 0.05) is 18.4 Å². The molecular formula is C18H24N2. The van der Waals surface area contributed by atoms with Crippen LogP contribution >= 0.6 is 0 Å². The average Bonchev–Trinajstić information content (AvgIpc) is 2.53. The fourth-order valence-corrected chi connectivity index (χ4v) is 2.37. The Morgan fingerprint density at radius 1 is 0.950 bits per heavy atom. The van der Waals surface area contributed by atoms with E-state index in [9.17, 15) is 0 Å². The molecule has 1 aromatic carbocycles. The van der Waals surface area contributed by atoms with Crippen molar-refractivity contribution >= 4 is 0 Å². The van der Waals surface area contributed by atoms with E-state index in [0.717, 1.165) is 0 Å². The van der Waals surface area contributed by atoms with Crippen molar-refractivity contribution < 1.29 is 0 Å². The molecule has 2 heteroatoms. The van der Waals surface area contributed by atoms with Crippen LogP contribution in [0.15, 0.2) is 54.9 Å². The van der Waals surface area contributed by atoms with E-state index in [0.29, 0.717) is 12.0 Å². The summed E-state index contributed by atoms with van der Waals surface area (Å²) in [5.74, 6) is 0.656. The van der Waals surface area contributed by atoms with Crippen LogP contribution in [0.5, 0.6) is 0 Å². The first-order chi connectivity index (χ1) is 9.72. The van der Waals surface area contributed by atoms with E-state index in [1.165, 1.54) is 17.5 Å². The molecule has 0 aliphatic heterocycles. The Morgan fingerprint density at radius 3 is 2.15 bits per heavy atom. The van der Waals surface area contributed by atoms with Crippen molar-refractivity contribution in [1.82, 2.24) is 10.3 Å². The molecule has 2 aromatic rings. The highest BCUT2D eigenvalue weighted by molar-refractivity contribution is 5.30. The smallest absolute Gasteiger partial charge is 0.0579 e. The fraction of sp³-hybridized carbons (Fsp3) is 0.389. The predicted molar refractivity (Wildman–Crippen MR) is 84.6 cm³/mol. The van der Waals surface area contributed by atoms with Crippen LogP contribution in [-0.4, -0.2) is 11.0 Å². The van der Waals surface area contributed by atoms with Crippen molar-refractivity contribution in [3.8, 4) is 0 Å². The Kier molecular flexibility index (Phi) is 5.31. The van der Waals surface area contributed by atoms with Crippen LogP contribution in [-0.2, 0) is 0 Å². The molecule has 1 aromatic heterocycles. The van der Waals surface area contributed by atoms with Gasteiger partial charge in [0.15, 0.2) is 0 Å². The number of nitrogens with one attached hydrogen (secondary N) is 1. The molecule has 20 heavy (non-hydrogen) atoms. The second kappa shape index (κ2) is 7.20. The Balaban J connectivity index is 2.26. The molecule has 3 unspecified atom stereocenters. The number of rotatable bonds is 6. The van der Waals surface area contributed by atoms with Crippen molar-refractivity contribution in [2.24, 2.45) is 5.92 Å². The lowest BCUT2D eigenvalue weighted by molar-refractivity contribution is 0.369. The predicted octanol–water partition coefficient (Wildman–Crippen LogP) is 4.20. The van der Waals surface area contributed by atoms with Crippen molar-refractivity contribution in [2.45, 2.75) is 39.3 Å². The van der Waals surface area contributed by atoms with Gasteiger partial charge in [0.2, 0.25) is 0 Å². The molecule has 2 nitrogen and oxygen atoms in total. The van der Waals surface area contributed by atoms with Gasteiger partial charge in [0.1, 0.15) is 0 Å². The van der Waals surface area contributed by atoms with Gasteiger partial charge in [-0.3, -0.25) is 4.98 Å². The van der Waals surface area contributed by atoms with Crippen LogP contribution in [0.25, 0.3) is 0 Å². The average molecular weight is 268 g/mol. The van der Waals surface area contributed by atoms with Gasteiger partial charge in [-0.2, -0.15) is 0 Å². The highest BCUT2D eigenvalue weighted by Crippen LogP contribution is 2.23. The van der Waals surface area contributed by atoms with Gasteiger partial charge in [0.25, 0.3) is 0 Å². The first-order valence-corrected chi connectivity index (χ1v) is 7.43. The normalized spacial score (nSPS) is 15.6. The molecule has 2 rings (SSSR count). The molecule has 0 spiro atoms. The van der Waals surface area contributed by atoms with E-state index in [2.05, 4.69) is 73.5 Å². The molecule has 0 radical (unpaired) electrons. The molecule has 1 N–H and O–H groups in total. The largest absolute Gasteiger partial charge is 0.303 e. The fourth-order valence-electron chi connectivity index (χ4n) is 2.37. The molecule has 0 saturated heterocycles. The summed E-state index contributed by atoms with van der Waals surface area (Å²) in [6.07, 6.45) is 4.91. The summed E-state index contributed by atoms with van der Waals surface area (Å²) >= 11 is 0. The first kappa shape index (κ1) is 14.7. The summed E-state index contributed by atoms with van der Waals surface area (Å²) in [6, 6.07) is 15.5. The zero-order valence-corrected chi connectivity index (χ0v) is 12.6. The van der Waals surface area contributed by atoms with Gasteiger partial charge >= 0.3 is 0 Å². The van der Waals surface area contributed by atoms with Crippen LogP contribution in [0.3, 0.4) is 0 Å². The van der Waals surface area contributed by atoms with E-state index in [1.807, 2.05) is 12.4 Å². The van der Waals surface area contributed by atoms with Crippen molar-refractivity contribution in [1.29, 1.82) is 0 Å². The van der Waals surface area contributed by atoms with Gasteiger partial charge < -0.3 is 5.32 Å². The number of nitrogens with zero attached hydrogens (tertiary/aromatic N) is 1. The van der Waals surface area contributed by atoms with Crippen LogP contribution in [0, 0.1) is 5.92 Å². The Labute approximate surface area is 122 Å². The summed E-state index contributed by atoms with van der Waals surface area (Å²) in [4.78, 5) is 4.12. The minimum absolute atomic E-state index is 0.225. The molecule has 1 heterocycles. The zero-order valence-electron chi connectivity index (χ0n) is 12.6. The second-order valence-corrected chi connectivity index (χ2v) is 5.47. The Bertz CT molecular complexity index is 456. The quantitative estimate of drug-likeness (QED) is 0.849. The lowest BCUT2D eigenvalue weighted by atomic mass is 9.95. The van der Waals surface area contributed by atoms with Gasteiger partial charge in [0.05, 0.1) is 6.04 Å². The highest BCUT2D eigenvalue weighted by atomic mass is 15.0. The molecule has 0 amide bonds. The van der Waals surface area contributed by atoms with Gasteiger partial charge in [-0.1, -0.05) is 50.6 Å². The van der Waals surface area contributed by atoms with Crippen molar-refractivity contribution in [2.75, 3.05) is 0 Å². The molecule has 0 saturated carbocycles. The molecule has 0 bridgehead atoms. The SMILES string of the molecule is CCC(C)C(C)NC(c1ccccc1)c1ccncc1. The zero-order chi connectivity index (χ0) is 14.4. The second-order valence-electron chi connectivity index (χ2n) is 5.47. The van der Waals surface area contributed by atoms with E-state index in [-0.39, 0.29) is 6.04 Å². The molecule has 0 aliphatic rings. The van der Waals surface area contributed by atoms with Crippen LogP contribution in [0.2, 0.25) is 0 Å². The monoisotopic (exact) mass is 268 g/mol. The van der Waals surface area contributed by atoms with Crippen molar-refractivity contribution in [3.63, 3.8) is 0 Å². The third-order valence-electron chi connectivity index (χ3n) is 4.10. The Hall–Kier alpha value is -1.67. The third-order valence-corrected chi connectivity index (χ3v) is 4.10. The number of aromatic nitrogens is 1. The maximum absolute atomic E-state index is 4.12. The number of hydrogen-bond acceptors (Lipinski definition) is 2. The first-order valence-electron chi connectivity index (χ1n) is 7.43. The standard InChI is InChI=1S/C18H24N2/c1-4-14(2)15(3)20-18(16-8-6-5-7-9-16)17-10-12-19-13-11-17/h5-15,18,20H,4H2,1-3H3. The minimum Gasteiger partial charge on any atom is -0.303 e. The lowest BCUT2D eigenvalue weighted by Crippen LogP contribution is -2.35. The number of hydrogen-bond donors (Lipinski definition) is 1. The van der Waals surface area contributed by atoms with Crippen molar-refractivity contribution in [3.05, 3.63) is 66.0 Å². The Morgan fingerprint density at radius 2 is 1.55 bits per heavy atom. The summed E-state index contributed by atoms with van der Waals surface area (Å²) < 4.78 is 0. The molecule has 106 valence electrons. The van der Waals surface area contributed by atoms with Gasteiger partial charge in [-0.05, 0) is 36.1 Å². The molecular weight excluding hydrogens is 244 g/mol. The summed E-state index contributed by atoms with van der Waals surface area (Å²) in [5, 5.41) is 3.77. The number of pyridine rings is 1. The topological polar surface area (TPSA) is 24.9 Å². The van der Waals surface area contributed by atoms with Crippen LogP contribution in [0.4, 0.5) is 0 Å². The van der Waals surface area contributed by atoms with E-state index in [4.69, 9.17) is 0 Å². The van der Waals surface area contributed by atoms with E-state index in [1.54, 1.807) is 0 Å². The molecule has 3 atom stereocenters. The summed E-state index contributed by atoms with van der Waals surface area (Å²) in [6.45, 7) is 6.81. The molecule has 0 fully saturated rings. The number of benzene rings is 1.